The Morgan fingerprint density at radius 3 is 2.95 bits per heavy atom. The first kappa shape index (κ1) is 15.8. The molecule has 1 aliphatic heterocycles. The number of morpholine rings is 1. The number of hydrogen-bond donors (Lipinski definition) is 2. The normalized spacial score (nSPS) is 18.2. The second kappa shape index (κ2) is 6.93. The maximum Gasteiger partial charge on any atom is 0.239 e. The summed E-state index contributed by atoms with van der Waals surface area (Å²) in [5.41, 5.74) is 1.93. The highest BCUT2D eigenvalue weighted by Gasteiger charge is 2.21. The number of rotatable bonds is 3. The average molecular weight is 311 g/mol. The Morgan fingerprint density at radius 2 is 2.24 bits per heavy atom. The molecule has 0 aliphatic carbocycles. The number of carbonyl (C=O) groups is 1. The van der Waals surface area contributed by atoms with E-state index in [0.717, 1.165) is 22.3 Å². The molecular weight excluding hydrogens is 292 g/mol. The number of halogens is 1. The molecule has 1 aromatic heterocycles. The van der Waals surface area contributed by atoms with Gasteiger partial charge >= 0.3 is 0 Å². The van der Waals surface area contributed by atoms with Gasteiger partial charge in [0.15, 0.2) is 0 Å². The van der Waals surface area contributed by atoms with E-state index in [4.69, 9.17) is 9.15 Å². The number of para-hydroxylation sites is 1. The minimum absolute atomic E-state index is 0. The fourth-order valence-electron chi connectivity index (χ4n) is 2.42. The van der Waals surface area contributed by atoms with Gasteiger partial charge < -0.3 is 19.8 Å². The summed E-state index contributed by atoms with van der Waals surface area (Å²) in [6, 6.07) is 7.61. The Morgan fingerprint density at radius 1 is 1.43 bits per heavy atom. The van der Waals surface area contributed by atoms with Crippen LogP contribution < -0.4 is 10.6 Å². The molecule has 2 N–H and O–H groups in total. The molecule has 3 rings (SSSR count). The summed E-state index contributed by atoms with van der Waals surface area (Å²) in [5.74, 6) is 0.751. The molecule has 1 aliphatic rings. The third-order valence-corrected chi connectivity index (χ3v) is 3.60. The minimum atomic E-state index is -0.270. The van der Waals surface area contributed by atoms with Crippen LogP contribution in [0.1, 0.15) is 11.3 Å². The lowest BCUT2D eigenvalue weighted by atomic mass is 10.1. The van der Waals surface area contributed by atoms with Crippen LogP contribution in [0, 0.1) is 6.92 Å². The predicted octanol–water partition coefficient (Wildman–Crippen LogP) is 1.77. The summed E-state index contributed by atoms with van der Waals surface area (Å²) in [5, 5.41) is 7.12. The maximum atomic E-state index is 12.0. The van der Waals surface area contributed by atoms with Gasteiger partial charge in [0.2, 0.25) is 5.91 Å². The number of aryl methyl sites for hydroxylation is 1. The second-order valence-corrected chi connectivity index (χ2v) is 4.95. The molecule has 2 heterocycles. The predicted molar refractivity (Wildman–Crippen MR) is 82.7 cm³/mol. The summed E-state index contributed by atoms with van der Waals surface area (Å²) >= 11 is 0. The average Bonchev–Trinajstić information content (AvgIpc) is 2.83. The molecular formula is C15H19ClN2O3. The number of furan rings is 1. The van der Waals surface area contributed by atoms with Gasteiger partial charge in [-0.25, -0.2) is 0 Å². The number of carbonyl (C=O) groups excluding carboxylic acids is 1. The fraction of sp³-hybridized carbons (Fsp3) is 0.400. The van der Waals surface area contributed by atoms with Crippen LogP contribution in [-0.4, -0.2) is 31.7 Å². The molecule has 1 unspecified atom stereocenters. The summed E-state index contributed by atoms with van der Waals surface area (Å²) in [7, 11) is 0. The van der Waals surface area contributed by atoms with Crippen molar-refractivity contribution in [2.75, 3.05) is 19.8 Å². The molecule has 1 atom stereocenters. The smallest absolute Gasteiger partial charge is 0.239 e. The van der Waals surface area contributed by atoms with E-state index >= 15 is 0 Å². The van der Waals surface area contributed by atoms with Crippen LogP contribution in [0.2, 0.25) is 0 Å². The third kappa shape index (κ3) is 3.37. The molecule has 21 heavy (non-hydrogen) atoms. The third-order valence-electron chi connectivity index (χ3n) is 3.60. The highest BCUT2D eigenvalue weighted by atomic mass is 35.5. The first-order valence-corrected chi connectivity index (χ1v) is 6.81. The summed E-state index contributed by atoms with van der Waals surface area (Å²) in [6.45, 7) is 4.20. The highest BCUT2D eigenvalue weighted by molar-refractivity contribution is 5.85. The van der Waals surface area contributed by atoms with Gasteiger partial charge in [-0.3, -0.25) is 4.79 Å². The first-order chi connectivity index (χ1) is 9.75. The van der Waals surface area contributed by atoms with Crippen molar-refractivity contribution < 1.29 is 13.9 Å². The van der Waals surface area contributed by atoms with Crippen molar-refractivity contribution in [1.29, 1.82) is 0 Å². The van der Waals surface area contributed by atoms with E-state index in [1.54, 1.807) is 0 Å². The van der Waals surface area contributed by atoms with Crippen molar-refractivity contribution in [2.45, 2.75) is 19.5 Å². The van der Waals surface area contributed by atoms with Gasteiger partial charge in [0.05, 0.1) is 19.8 Å². The molecule has 1 amide bonds. The summed E-state index contributed by atoms with van der Waals surface area (Å²) < 4.78 is 11.1. The largest absolute Gasteiger partial charge is 0.459 e. The molecule has 2 aromatic rings. The van der Waals surface area contributed by atoms with Crippen LogP contribution in [0.3, 0.4) is 0 Å². The lowest BCUT2D eigenvalue weighted by molar-refractivity contribution is -0.126. The van der Waals surface area contributed by atoms with E-state index in [1.165, 1.54) is 0 Å². The first-order valence-electron chi connectivity index (χ1n) is 6.81. The van der Waals surface area contributed by atoms with Crippen molar-refractivity contribution >= 4 is 29.3 Å². The van der Waals surface area contributed by atoms with Gasteiger partial charge in [-0.1, -0.05) is 18.2 Å². The number of hydrogen-bond acceptors (Lipinski definition) is 4. The summed E-state index contributed by atoms with van der Waals surface area (Å²) in [6.07, 6.45) is 0. The van der Waals surface area contributed by atoms with E-state index in [0.29, 0.717) is 26.3 Å². The highest BCUT2D eigenvalue weighted by Crippen LogP contribution is 2.24. The lowest BCUT2D eigenvalue weighted by Gasteiger charge is -2.22. The van der Waals surface area contributed by atoms with Gasteiger partial charge in [-0.2, -0.15) is 0 Å². The SMILES string of the molecule is Cc1c(CNC(=O)C2COCCN2)oc2ccccc12.Cl. The number of fused-ring (bicyclic) bond motifs is 1. The number of ether oxygens (including phenoxy) is 1. The van der Waals surface area contributed by atoms with Crippen molar-refractivity contribution in [2.24, 2.45) is 0 Å². The fourth-order valence-corrected chi connectivity index (χ4v) is 2.42. The van der Waals surface area contributed by atoms with Crippen LogP contribution in [0.25, 0.3) is 11.0 Å². The van der Waals surface area contributed by atoms with E-state index < -0.39 is 0 Å². The molecule has 0 radical (unpaired) electrons. The lowest BCUT2D eigenvalue weighted by Crippen LogP contribution is -2.51. The standard InChI is InChI=1S/C15H18N2O3.ClH/c1-10-11-4-2-3-5-13(11)20-14(10)8-17-15(18)12-9-19-7-6-16-12;/h2-5,12,16H,6-9H2,1H3,(H,17,18);1H. The molecule has 1 aromatic carbocycles. The van der Waals surface area contributed by atoms with Gasteiger partial charge in [-0.15, -0.1) is 12.4 Å². The Hall–Kier alpha value is -1.56. The zero-order chi connectivity index (χ0) is 13.9. The monoisotopic (exact) mass is 310 g/mol. The van der Waals surface area contributed by atoms with E-state index in [-0.39, 0.29) is 24.4 Å². The number of benzene rings is 1. The van der Waals surface area contributed by atoms with Crippen LogP contribution in [0.15, 0.2) is 28.7 Å². The second-order valence-electron chi connectivity index (χ2n) is 4.95. The quantitative estimate of drug-likeness (QED) is 0.907. The Kier molecular flexibility index (Phi) is 5.22. The van der Waals surface area contributed by atoms with Crippen LogP contribution in [0.4, 0.5) is 0 Å². The van der Waals surface area contributed by atoms with Gasteiger partial charge in [0.1, 0.15) is 17.4 Å². The van der Waals surface area contributed by atoms with Crippen molar-refractivity contribution in [1.82, 2.24) is 10.6 Å². The van der Waals surface area contributed by atoms with E-state index in [1.807, 2.05) is 31.2 Å². The molecule has 114 valence electrons. The molecule has 1 fully saturated rings. The van der Waals surface area contributed by atoms with E-state index in [9.17, 15) is 4.79 Å². The van der Waals surface area contributed by atoms with Crippen LogP contribution in [-0.2, 0) is 16.1 Å². The summed E-state index contributed by atoms with van der Waals surface area (Å²) in [4.78, 5) is 12.0. The number of nitrogens with one attached hydrogen (secondary N) is 2. The van der Waals surface area contributed by atoms with Crippen LogP contribution in [0.5, 0.6) is 0 Å². The van der Waals surface area contributed by atoms with Crippen molar-refractivity contribution in [3.05, 3.63) is 35.6 Å². The Labute approximate surface area is 129 Å². The molecule has 1 saturated heterocycles. The molecule has 0 saturated carbocycles. The Balaban J connectivity index is 0.00000161. The topological polar surface area (TPSA) is 63.5 Å². The molecule has 0 spiro atoms. The van der Waals surface area contributed by atoms with Crippen molar-refractivity contribution in [3.8, 4) is 0 Å². The van der Waals surface area contributed by atoms with Crippen molar-refractivity contribution in [3.63, 3.8) is 0 Å². The zero-order valence-electron chi connectivity index (χ0n) is 11.8. The Bertz CT molecular complexity index is 620. The van der Waals surface area contributed by atoms with Gasteiger partial charge in [-0.05, 0) is 13.0 Å². The maximum absolute atomic E-state index is 12.0. The van der Waals surface area contributed by atoms with Crippen LogP contribution >= 0.6 is 12.4 Å². The minimum Gasteiger partial charge on any atom is -0.459 e. The molecule has 6 heteroatoms. The van der Waals surface area contributed by atoms with Gasteiger partial charge in [0.25, 0.3) is 0 Å². The number of amides is 1. The van der Waals surface area contributed by atoms with Gasteiger partial charge in [0, 0.05) is 17.5 Å². The zero-order valence-corrected chi connectivity index (χ0v) is 12.7. The van der Waals surface area contributed by atoms with E-state index in [2.05, 4.69) is 10.6 Å². The molecule has 5 nitrogen and oxygen atoms in total. The molecule has 0 bridgehead atoms.